The van der Waals surface area contributed by atoms with Crippen LogP contribution in [0, 0.1) is 6.92 Å². The molecule has 7 heteroatoms. The quantitative estimate of drug-likeness (QED) is 0.664. The molecule has 3 heterocycles. The minimum atomic E-state index is -0.602. The first-order chi connectivity index (χ1) is 15.0. The Balaban J connectivity index is 1.32. The smallest absolute Gasteiger partial charge is 0.345 e. The zero-order valence-electron chi connectivity index (χ0n) is 19.0. The summed E-state index contributed by atoms with van der Waals surface area (Å²) in [6.07, 6.45) is 5.05. The maximum absolute atomic E-state index is 12.4. The molecule has 3 atom stereocenters. The molecule has 0 amide bonds. The van der Waals surface area contributed by atoms with Crippen molar-refractivity contribution in [2.75, 3.05) is 6.54 Å². The number of piperidine rings is 1. The van der Waals surface area contributed by atoms with Crippen LogP contribution in [0.4, 0.5) is 0 Å². The number of fused-ring (bicyclic) bond motifs is 2. The maximum Gasteiger partial charge on any atom is 0.345 e. The Bertz CT molecular complexity index is 923. The highest BCUT2D eigenvalue weighted by molar-refractivity contribution is 5.26. The van der Waals surface area contributed by atoms with Crippen molar-refractivity contribution in [3.05, 3.63) is 51.7 Å². The van der Waals surface area contributed by atoms with Gasteiger partial charge >= 0.3 is 5.69 Å². The summed E-state index contributed by atoms with van der Waals surface area (Å²) < 4.78 is 9.38. The minimum Gasteiger partial charge on any atom is -0.390 e. The van der Waals surface area contributed by atoms with Crippen LogP contribution in [0.5, 0.6) is 0 Å². The number of ether oxygens (including phenoxy) is 1. The molecule has 0 saturated carbocycles. The normalized spacial score (nSPS) is 24.6. The van der Waals surface area contributed by atoms with Crippen LogP contribution in [-0.4, -0.2) is 55.2 Å². The Morgan fingerprint density at radius 3 is 2.42 bits per heavy atom. The van der Waals surface area contributed by atoms with Crippen molar-refractivity contribution in [3.8, 4) is 0 Å². The van der Waals surface area contributed by atoms with Gasteiger partial charge in [0.2, 0.25) is 0 Å². The van der Waals surface area contributed by atoms with Gasteiger partial charge in [0.1, 0.15) is 5.82 Å². The van der Waals surface area contributed by atoms with Crippen molar-refractivity contribution in [2.45, 2.75) is 96.9 Å². The summed E-state index contributed by atoms with van der Waals surface area (Å²) in [5, 5.41) is 15.0. The molecule has 2 aromatic rings. The van der Waals surface area contributed by atoms with E-state index >= 15 is 0 Å². The van der Waals surface area contributed by atoms with E-state index in [1.807, 2.05) is 13.8 Å². The summed E-state index contributed by atoms with van der Waals surface area (Å²) in [6, 6.07) is 9.43. The topological polar surface area (TPSA) is 72.5 Å². The van der Waals surface area contributed by atoms with E-state index in [4.69, 9.17) is 4.74 Å². The largest absolute Gasteiger partial charge is 0.390 e. The molecule has 2 fully saturated rings. The van der Waals surface area contributed by atoms with Gasteiger partial charge in [0.25, 0.3) is 0 Å². The molecule has 4 rings (SSSR count). The van der Waals surface area contributed by atoms with Gasteiger partial charge in [0.05, 0.1) is 25.4 Å². The van der Waals surface area contributed by atoms with E-state index in [2.05, 4.69) is 41.2 Å². The fraction of sp³-hybridized carbons (Fsp3) is 0.667. The average molecular weight is 429 g/mol. The number of hydrogen-bond donors (Lipinski definition) is 1. The zero-order valence-corrected chi connectivity index (χ0v) is 19.0. The molecule has 2 unspecified atom stereocenters. The van der Waals surface area contributed by atoms with Crippen molar-refractivity contribution in [2.24, 2.45) is 0 Å². The highest BCUT2D eigenvalue weighted by atomic mass is 16.5. The van der Waals surface area contributed by atoms with Gasteiger partial charge in [0, 0.05) is 25.2 Å². The zero-order chi connectivity index (χ0) is 22.0. The van der Waals surface area contributed by atoms with Gasteiger partial charge in [-0.2, -0.15) is 5.10 Å². The first-order valence-corrected chi connectivity index (χ1v) is 11.8. The minimum absolute atomic E-state index is 0.138. The van der Waals surface area contributed by atoms with Crippen molar-refractivity contribution in [1.82, 2.24) is 19.2 Å². The first-order valence-electron chi connectivity index (χ1n) is 11.8. The van der Waals surface area contributed by atoms with Crippen molar-refractivity contribution in [1.29, 1.82) is 0 Å². The number of aliphatic hydroxyl groups excluding tert-OH is 1. The van der Waals surface area contributed by atoms with Gasteiger partial charge in [-0.05, 0) is 57.1 Å². The molecule has 0 aliphatic carbocycles. The second kappa shape index (κ2) is 9.67. The molecule has 31 heavy (non-hydrogen) atoms. The van der Waals surface area contributed by atoms with Gasteiger partial charge in [-0.1, -0.05) is 31.2 Å². The Hall–Kier alpha value is -1.96. The van der Waals surface area contributed by atoms with E-state index in [-0.39, 0.29) is 18.3 Å². The highest BCUT2D eigenvalue weighted by Gasteiger charge is 2.41. The number of benzene rings is 1. The molecule has 1 aromatic heterocycles. The molecular formula is C24H36N4O3. The molecule has 7 nitrogen and oxygen atoms in total. The Labute approximate surface area is 184 Å². The summed E-state index contributed by atoms with van der Waals surface area (Å²) in [5.74, 6) is 0.697. The molecule has 2 bridgehead atoms. The lowest BCUT2D eigenvalue weighted by atomic mass is 9.98. The number of aliphatic hydroxyl groups is 1. The first kappa shape index (κ1) is 22.2. The Morgan fingerprint density at radius 1 is 1.13 bits per heavy atom. The van der Waals surface area contributed by atoms with E-state index in [9.17, 15) is 9.90 Å². The molecular weight excluding hydrogens is 392 g/mol. The summed E-state index contributed by atoms with van der Waals surface area (Å²) in [5.41, 5.74) is 2.52. The number of aryl methyl sites for hydroxylation is 2. The third kappa shape index (κ3) is 4.78. The summed E-state index contributed by atoms with van der Waals surface area (Å²) in [6.45, 7) is 8.06. The number of rotatable bonds is 9. The van der Waals surface area contributed by atoms with Crippen molar-refractivity contribution in [3.63, 3.8) is 0 Å². The van der Waals surface area contributed by atoms with Crippen molar-refractivity contribution >= 4 is 0 Å². The third-order valence-corrected chi connectivity index (χ3v) is 7.04. The lowest BCUT2D eigenvalue weighted by molar-refractivity contribution is -0.0404. The Morgan fingerprint density at radius 2 is 1.81 bits per heavy atom. The molecule has 2 aliphatic heterocycles. The molecule has 0 spiro atoms. The summed E-state index contributed by atoms with van der Waals surface area (Å²) in [7, 11) is 0. The third-order valence-electron chi connectivity index (χ3n) is 7.04. The van der Waals surface area contributed by atoms with Crippen LogP contribution >= 0.6 is 0 Å². The van der Waals surface area contributed by atoms with E-state index in [0.29, 0.717) is 37.6 Å². The maximum atomic E-state index is 12.4. The molecule has 0 radical (unpaired) electrons. The lowest BCUT2D eigenvalue weighted by Gasteiger charge is -2.39. The fourth-order valence-corrected chi connectivity index (χ4v) is 5.44. The van der Waals surface area contributed by atoms with Gasteiger partial charge in [-0.3, -0.25) is 9.47 Å². The Kier molecular flexibility index (Phi) is 6.94. The fourth-order valence-electron chi connectivity index (χ4n) is 5.44. The average Bonchev–Trinajstić information content (AvgIpc) is 3.15. The van der Waals surface area contributed by atoms with E-state index < -0.39 is 6.10 Å². The summed E-state index contributed by atoms with van der Waals surface area (Å²) in [4.78, 5) is 14.8. The van der Waals surface area contributed by atoms with Crippen LogP contribution in [0.1, 0.15) is 56.5 Å². The van der Waals surface area contributed by atoms with Crippen LogP contribution in [0.15, 0.2) is 29.1 Å². The van der Waals surface area contributed by atoms with E-state index in [1.54, 1.807) is 4.57 Å². The number of nitrogens with zero attached hydrogens (tertiary/aromatic N) is 4. The standard InChI is InChI=1S/C24H36N4O3/c1-4-18-8-6-7-9-19(18)16-31-23-12-20-10-11-21(13-23)27(20)14-22(29)15-28-24(30)26(5-2)17(3)25-28/h6-9,20-23,29H,4-5,10-16H2,1-3H3/t20?,21?,22-,23?/m0/s1. The van der Waals surface area contributed by atoms with Crippen LogP contribution in [0.25, 0.3) is 0 Å². The highest BCUT2D eigenvalue weighted by Crippen LogP contribution is 2.37. The van der Waals surface area contributed by atoms with Gasteiger partial charge in [0.15, 0.2) is 0 Å². The van der Waals surface area contributed by atoms with Crippen LogP contribution in [0.3, 0.4) is 0 Å². The molecule has 170 valence electrons. The van der Waals surface area contributed by atoms with Crippen LogP contribution in [-0.2, 0) is 30.9 Å². The second-order valence-electron chi connectivity index (χ2n) is 9.02. The van der Waals surface area contributed by atoms with Crippen molar-refractivity contribution < 1.29 is 9.84 Å². The predicted molar refractivity (Wildman–Crippen MR) is 120 cm³/mol. The second-order valence-corrected chi connectivity index (χ2v) is 9.02. The molecule has 1 aromatic carbocycles. The van der Waals surface area contributed by atoms with Crippen LogP contribution in [0.2, 0.25) is 0 Å². The molecule has 1 N–H and O–H groups in total. The molecule has 2 aliphatic rings. The summed E-state index contributed by atoms with van der Waals surface area (Å²) >= 11 is 0. The lowest BCUT2D eigenvalue weighted by Crippen LogP contribution is -2.49. The molecule has 2 saturated heterocycles. The van der Waals surface area contributed by atoms with E-state index in [1.165, 1.54) is 15.8 Å². The predicted octanol–water partition coefficient (Wildman–Crippen LogP) is 2.51. The monoisotopic (exact) mass is 428 g/mol. The number of aromatic nitrogens is 3. The SMILES string of the molecule is CCc1ccccc1COC1CC2CCC(C1)N2C[C@H](O)Cn1nc(C)n(CC)c1=O. The number of hydrogen-bond acceptors (Lipinski definition) is 5. The van der Waals surface area contributed by atoms with E-state index in [0.717, 1.165) is 32.1 Å². The van der Waals surface area contributed by atoms with Gasteiger partial charge < -0.3 is 9.84 Å². The van der Waals surface area contributed by atoms with Crippen LogP contribution < -0.4 is 5.69 Å². The van der Waals surface area contributed by atoms with Gasteiger partial charge in [-0.25, -0.2) is 9.48 Å². The van der Waals surface area contributed by atoms with Gasteiger partial charge in [-0.15, -0.1) is 0 Å².